The van der Waals surface area contributed by atoms with Crippen molar-refractivity contribution < 1.29 is 0 Å². The van der Waals surface area contributed by atoms with Gasteiger partial charge in [-0.25, -0.2) is 0 Å². The lowest BCUT2D eigenvalue weighted by atomic mass is 9.99. The molecule has 0 saturated carbocycles. The van der Waals surface area contributed by atoms with E-state index >= 15 is 0 Å². The Morgan fingerprint density at radius 1 is 1.35 bits per heavy atom. The number of nitrogens with two attached hydrogens (primary N) is 1. The Hall–Kier alpha value is -0.690. The van der Waals surface area contributed by atoms with Crippen LogP contribution in [0.2, 0.25) is 5.02 Å². The lowest BCUT2D eigenvalue weighted by molar-refractivity contribution is 0.519. The molecule has 0 heterocycles. The Kier molecular flexibility index (Phi) is 5.84. The summed E-state index contributed by atoms with van der Waals surface area (Å²) in [5.74, 6) is 1.04. The molecule has 0 spiro atoms. The molecule has 0 fully saturated rings. The van der Waals surface area contributed by atoms with E-state index in [-0.39, 0.29) is 0 Å². The standard InChI is InChI=1S/C13H17ClN2S/c1-13(16,10-15)8-2-3-9-17-12-6-4-11(14)5-7-12/h4-7H,2-3,8-9,16H2,1H3. The van der Waals surface area contributed by atoms with Crippen LogP contribution < -0.4 is 5.73 Å². The molecule has 0 aliphatic carbocycles. The number of hydrogen-bond donors (Lipinski definition) is 1. The Bertz CT molecular complexity index is 381. The first-order chi connectivity index (χ1) is 8.03. The molecule has 1 aromatic carbocycles. The van der Waals surface area contributed by atoms with Crippen LogP contribution in [0.1, 0.15) is 26.2 Å². The van der Waals surface area contributed by atoms with Gasteiger partial charge in [0.05, 0.1) is 6.07 Å². The van der Waals surface area contributed by atoms with Crippen molar-refractivity contribution >= 4 is 23.4 Å². The molecule has 0 saturated heterocycles. The minimum atomic E-state index is -0.676. The molecule has 2 N–H and O–H groups in total. The summed E-state index contributed by atoms with van der Waals surface area (Å²) >= 11 is 7.61. The number of nitriles is 1. The Labute approximate surface area is 112 Å². The molecule has 17 heavy (non-hydrogen) atoms. The van der Waals surface area contributed by atoms with Gasteiger partial charge in [0, 0.05) is 9.92 Å². The van der Waals surface area contributed by atoms with Crippen LogP contribution in [0.3, 0.4) is 0 Å². The normalized spacial score (nSPS) is 14.0. The third-order valence-corrected chi connectivity index (χ3v) is 3.78. The van der Waals surface area contributed by atoms with Crippen molar-refractivity contribution in [3.05, 3.63) is 29.3 Å². The maximum absolute atomic E-state index is 8.76. The van der Waals surface area contributed by atoms with E-state index in [1.165, 1.54) is 4.90 Å². The Balaban J connectivity index is 2.17. The van der Waals surface area contributed by atoms with Crippen LogP contribution in [0, 0.1) is 11.3 Å². The predicted octanol–water partition coefficient (Wildman–Crippen LogP) is 3.84. The molecular formula is C13H17ClN2S. The van der Waals surface area contributed by atoms with Crippen LogP contribution in [0.25, 0.3) is 0 Å². The van der Waals surface area contributed by atoms with Crippen LogP contribution in [0.4, 0.5) is 0 Å². The van der Waals surface area contributed by atoms with Crippen LogP contribution in [-0.2, 0) is 0 Å². The number of halogens is 1. The number of nitrogens with zero attached hydrogens (tertiary/aromatic N) is 1. The summed E-state index contributed by atoms with van der Waals surface area (Å²) in [6, 6.07) is 9.96. The highest BCUT2D eigenvalue weighted by Crippen LogP contribution is 2.22. The average Bonchev–Trinajstić information content (AvgIpc) is 2.31. The molecule has 1 atom stereocenters. The van der Waals surface area contributed by atoms with Gasteiger partial charge in [-0.3, -0.25) is 0 Å². The monoisotopic (exact) mass is 268 g/mol. The fourth-order valence-electron chi connectivity index (χ4n) is 1.37. The fraction of sp³-hybridized carbons (Fsp3) is 0.462. The molecule has 0 aliphatic heterocycles. The van der Waals surface area contributed by atoms with Crippen LogP contribution in [0.15, 0.2) is 29.2 Å². The summed E-state index contributed by atoms with van der Waals surface area (Å²) in [7, 11) is 0. The second kappa shape index (κ2) is 6.90. The number of hydrogen-bond acceptors (Lipinski definition) is 3. The quantitative estimate of drug-likeness (QED) is 0.630. The molecular weight excluding hydrogens is 252 g/mol. The van der Waals surface area contributed by atoms with E-state index in [4.69, 9.17) is 22.6 Å². The third-order valence-electron chi connectivity index (χ3n) is 2.43. The van der Waals surface area contributed by atoms with Crippen molar-refractivity contribution in [2.24, 2.45) is 5.73 Å². The van der Waals surface area contributed by atoms with Crippen molar-refractivity contribution in [2.45, 2.75) is 36.6 Å². The molecule has 1 rings (SSSR count). The zero-order valence-corrected chi connectivity index (χ0v) is 11.5. The summed E-state index contributed by atoms with van der Waals surface area (Å²) in [4.78, 5) is 1.23. The maximum Gasteiger partial charge on any atom is 0.101 e. The van der Waals surface area contributed by atoms with Gasteiger partial charge in [0.1, 0.15) is 5.54 Å². The zero-order chi connectivity index (χ0) is 12.7. The van der Waals surface area contributed by atoms with Gasteiger partial charge in [0.25, 0.3) is 0 Å². The summed E-state index contributed by atoms with van der Waals surface area (Å²) in [6.07, 6.45) is 2.81. The average molecular weight is 269 g/mol. The summed E-state index contributed by atoms with van der Waals surface area (Å²) < 4.78 is 0. The SMILES string of the molecule is CC(N)(C#N)CCCCSc1ccc(Cl)cc1. The van der Waals surface area contributed by atoms with E-state index in [1.54, 1.807) is 18.7 Å². The highest BCUT2D eigenvalue weighted by atomic mass is 35.5. The van der Waals surface area contributed by atoms with Gasteiger partial charge in [0.2, 0.25) is 0 Å². The molecule has 1 unspecified atom stereocenters. The first-order valence-electron chi connectivity index (χ1n) is 5.62. The van der Waals surface area contributed by atoms with E-state index in [9.17, 15) is 0 Å². The topological polar surface area (TPSA) is 49.8 Å². The lowest BCUT2D eigenvalue weighted by Crippen LogP contribution is -2.33. The lowest BCUT2D eigenvalue weighted by Gasteiger charge is -2.14. The first-order valence-corrected chi connectivity index (χ1v) is 6.98. The molecule has 2 nitrogen and oxygen atoms in total. The van der Waals surface area contributed by atoms with Crippen molar-refractivity contribution in [3.63, 3.8) is 0 Å². The van der Waals surface area contributed by atoms with Crippen molar-refractivity contribution in [2.75, 3.05) is 5.75 Å². The molecule has 1 aromatic rings. The highest BCUT2D eigenvalue weighted by molar-refractivity contribution is 7.99. The Morgan fingerprint density at radius 2 is 2.00 bits per heavy atom. The molecule has 0 amide bonds. The molecule has 0 bridgehead atoms. The largest absolute Gasteiger partial charge is 0.314 e. The summed E-state index contributed by atoms with van der Waals surface area (Å²) in [5.41, 5.74) is 5.07. The Morgan fingerprint density at radius 3 is 2.59 bits per heavy atom. The molecule has 0 radical (unpaired) electrons. The van der Waals surface area contributed by atoms with Crippen LogP contribution >= 0.6 is 23.4 Å². The molecule has 4 heteroatoms. The number of benzene rings is 1. The molecule has 92 valence electrons. The minimum Gasteiger partial charge on any atom is -0.314 e. The van der Waals surface area contributed by atoms with Crippen molar-refractivity contribution in [3.8, 4) is 6.07 Å². The number of unbranched alkanes of at least 4 members (excludes halogenated alkanes) is 1. The second-order valence-corrected chi connectivity index (χ2v) is 5.89. The van der Waals surface area contributed by atoms with Gasteiger partial charge in [-0.2, -0.15) is 5.26 Å². The van der Waals surface area contributed by atoms with E-state index < -0.39 is 5.54 Å². The van der Waals surface area contributed by atoms with Crippen LogP contribution in [-0.4, -0.2) is 11.3 Å². The van der Waals surface area contributed by atoms with E-state index in [0.29, 0.717) is 0 Å². The maximum atomic E-state index is 8.76. The number of thioether (sulfide) groups is 1. The van der Waals surface area contributed by atoms with E-state index in [2.05, 4.69) is 6.07 Å². The minimum absolute atomic E-state index is 0.676. The van der Waals surface area contributed by atoms with Gasteiger partial charge >= 0.3 is 0 Å². The number of rotatable bonds is 6. The van der Waals surface area contributed by atoms with Crippen LogP contribution in [0.5, 0.6) is 0 Å². The third kappa shape index (κ3) is 5.97. The van der Waals surface area contributed by atoms with Gasteiger partial charge in [-0.15, -0.1) is 11.8 Å². The summed E-state index contributed by atoms with van der Waals surface area (Å²) in [6.45, 7) is 1.78. The smallest absolute Gasteiger partial charge is 0.101 e. The van der Waals surface area contributed by atoms with E-state index in [0.717, 1.165) is 30.0 Å². The van der Waals surface area contributed by atoms with E-state index in [1.807, 2.05) is 24.3 Å². The van der Waals surface area contributed by atoms with Gasteiger partial charge in [-0.05, 0) is 56.2 Å². The zero-order valence-electron chi connectivity index (χ0n) is 9.95. The van der Waals surface area contributed by atoms with Gasteiger partial charge in [-0.1, -0.05) is 11.6 Å². The molecule has 0 aliphatic rings. The van der Waals surface area contributed by atoms with Gasteiger partial charge in [0.15, 0.2) is 0 Å². The highest BCUT2D eigenvalue weighted by Gasteiger charge is 2.15. The summed E-state index contributed by atoms with van der Waals surface area (Å²) in [5, 5.41) is 9.53. The second-order valence-electron chi connectivity index (χ2n) is 4.29. The van der Waals surface area contributed by atoms with Crippen molar-refractivity contribution in [1.82, 2.24) is 0 Å². The van der Waals surface area contributed by atoms with Crippen molar-refractivity contribution in [1.29, 1.82) is 5.26 Å². The molecule has 0 aromatic heterocycles. The first kappa shape index (κ1) is 14.4. The van der Waals surface area contributed by atoms with Gasteiger partial charge < -0.3 is 5.73 Å². The predicted molar refractivity (Wildman–Crippen MR) is 74.2 cm³/mol. The fourth-order valence-corrected chi connectivity index (χ4v) is 2.41.